The van der Waals surface area contributed by atoms with Crippen molar-refractivity contribution in [3.8, 4) is 0 Å². The Morgan fingerprint density at radius 2 is 2.00 bits per heavy atom. The molecule has 4 heteroatoms. The Balaban J connectivity index is 1.97. The largest absolute Gasteiger partial charge is 0.468 e. The highest BCUT2D eigenvalue weighted by molar-refractivity contribution is 5.71. The van der Waals surface area contributed by atoms with Gasteiger partial charge in [0, 0.05) is 18.1 Å². The number of piperidine rings is 2. The second-order valence-corrected chi connectivity index (χ2v) is 5.21. The number of methoxy groups -OCH3 is 1. The third-order valence-electron chi connectivity index (χ3n) is 4.16. The van der Waals surface area contributed by atoms with E-state index in [1.165, 1.54) is 39.2 Å². The van der Waals surface area contributed by atoms with Gasteiger partial charge >= 0.3 is 5.97 Å². The number of fused-ring (bicyclic) bond motifs is 2. The van der Waals surface area contributed by atoms with Crippen molar-refractivity contribution in [2.75, 3.05) is 20.2 Å². The lowest BCUT2D eigenvalue weighted by Crippen LogP contribution is -2.57. The van der Waals surface area contributed by atoms with E-state index < -0.39 is 0 Å². The minimum atomic E-state index is -0.0937. The molecule has 0 saturated carbocycles. The van der Waals surface area contributed by atoms with Crippen molar-refractivity contribution in [1.29, 1.82) is 0 Å². The van der Waals surface area contributed by atoms with Crippen LogP contribution in [0.15, 0.2) is 0 Å². The Kier molecular flexibility index (Phi) is 4.40. The van der Waals surface area contributed by atoms with Gasteiger partial charge in [-0.15, -0.1) is 0 Å². The summed E-state index contributed by atoms with van der Waals surface area (Å²) in [6.45, 7) is 3.68. The third-order valence-corrected chi connectivity index (χ3v) is 4.16. The number of hydrogen-bond acceptors (Lipinski definition) is 4. The summed E-state index contributed by atoms with van der Waals surface area (Å²) in [5, 5.41) is 3.56. The molecule has 2 fully saturated rings. The van der Waals surface area contributed by atoms with Crippen molar-refractivity contribution >= 4 is 5.97 Å². The molecule has 98 valence electrons. The molecule has 2 aliphatic rings. The predicted molar refractivity (Wildman–Crippen MR) is 66.8 cm³/mol. The van der Waals surface area contributed by atoms with Gasteiger partial charge in [0.05, 0.1) is 13.7 Å². The first kappa shape index (κ1) is 12.8. The van der Waals surface area contributed by atoms with E-state index in [0.29, 0.717) is 24.7 Å². The Hall–Kier alpha value is -0.610. The Morgan fingerprint density at radius 3 is 2.53 bits per heavy atom. The summed E-state index contributed by atoms with van der Waals surface area (Å²) >= 11 is 0. The van der Waals surface area contributed by atoms with Crippen LogP contribution in [0.5, 0.6) is 0 Å². The van der Waals surface area contributed by atoms with Crippen molar-refractivity contribution < 1.29 is 9.53 Å². The number of nitrogens with zero attached hydrogens (tertiary/aromatic N) is 1. The van der Waals surface area contributed by atoms with Gasteiger partial charge in [0.2, 0.25) is 0 Å². The second kappa shape index (κ2) is 5.83. The minimum Gasteiger partial charge on any atom is -0.468 e. The van der Waals surface area contributed by atoms with E-state index in [4.69, 9.17) is 4.74 Å². The first-order valence-electron chi connectivity index (χ1n) is 6.80. The first-order chi connectivity index (χ1) is 8.24. The highest BCUT2D eigenvalue weighted by Gasteiger charge is 2.38. The standard InChI is InChI=1S/C13H24N2O2/c1-3-14-10-7-11-5-4-6-12(8-10)15(11)9-13(16)17-2/h10-12,14H,3-9H2,1-2H3. The number of esters is 1. The Morgan fingerprint density at radius 1 is 1.35 bits per heavy atom. The van der Waals surface area contributed by atoms with E-state index in [1.54, 1.807) is 0 Å². The van der Waals surface area contributed by atoms with Gasteiger partial charge in [-0.3, -0.25) is 9.69 Å². The summed E-state index contributed by atoms with van der Waals surface area (Å²) in [5.41, 5.74) is 0. The van der Waals surface area contributed by atoms with Gasteiger partial charge in [0.1, 0.15) is 0 Å². The highest BCUT2D eigenvalue weighted by atomic mass is 16.5. The molecule has 0 aromatic heterocycles. The first-order valence-corrected chi connectivity index (χ1v) is 6.80. The van der Waals surface area contributed by atoms with Crippen LogP contribution in [-0.4, -0.2) is 49.2 Å². The van der Waals surface area contributed by atoms with Crippen LogP contribution in [0, 0.1) is 0 Å². The molecule has 4 nitrogen and oxygen atoms in total. The molecule has 0 spiro atoms. The normalized spacial score (nSPS) is 33.4. The summed E-state index contributed by atoms with van der Waals surface area (Å²) < 4.78 is 4.80. The molecule has 2 aliphatic heterocycles. The van der Waals surface area contributed by atoms with Gasteiger partial charge in [0.15, 0.2) is 0 Å². The van der Waals surface area contributed by atoms with Crippen LogP contribution in [0.2, 0.25) is 0 Å². The number of carbonyl (C=O) groups is 1. The quantitative estimate of drug-likeness (QED) is 0.749. The zero-order valence-electron chi connectivity index (χ0n) is 10.9. The van der Waals surface area contributed by atoms with E-state index in [1.807, 2.05) is 0 Å². The molecule has 2 atom stereocenters. The molecule has 2 bridgehead atoms. The molecular formula is C13H24N2O2. The summed E-state index contributed by atoms with van der Waals surface area (Å²) in [6, 6.07) is 1.79. The maximum atomic E-state index is 11.4. The summed E-state index contributed by atoms with van der Waals surface area (Å²) in [6.07, 6.45) is 6.14. The van der Waals surface area contributed by atoms with Crippen molar-refractivity contribution in [2.45, 2.75) is 57.2 Å². The lowest BCUT2D eigenvalue weighted by Gasteiger charge is -2.48. The smallest absolute Gasteiger partial charge is 0.319 e. The van der Waals surface area contributed by atoms with Crippen LogP contribution in [0.1, 0.15) is 39.0 Å². The maximum Gasteiger partial charge on any atom is 0.319 e. The van der Waals surface area contributed by atoms with Gasteiger partial charge in [-0.05, 0) is 32.2 Å². The van der Waals surface area contributed by atoms with E-state index in [-0.39, 0.29) is 5.97 Å². The average molecular weight is 240 g/mol. The number of hydrogen-bond donors (Lipinski definition) is 1. The fourth-order valence-corrected chi connectivity index (χ4v) is 3.41. The van der Waals surface area contributed by atoms with Crippen LogP contribution in [0.4, 0.5) is 0 Å². The molecule has 2 unspecified atom stereocenters. The van der Waals surface area contributed by atoms with Gasteiger partial charge in [-0.25, -0.2) is 0 Å². The fourth-order valence-electron chi connectivity index (χ4n) is 3.41. The van der Waals surface area contributed by atoms with Gasteiger partial charge < -0.3 is 10.1 Å². The summed E-state index contributed by atoms with van der Waals surface area (Å²) in [5.74, 6) is -0.0937. The molecule has 0 aliphatic carbocycles. The second-order valence-electron chi connectivity index (χ2n) is 5.21. The maximum absolute atomic E-state index is 11.4. The topological polar surface area (TPSA) is 41.6 Å². The van der Waals surface area contributed by atoms with E-state index in [2.05, 4.69) is 17.1 Å². The Labute approximate surface area is 104 Å². The monoisotopic (exact) mass is 240 g/mol. The highest BCUT2D eigenvalue weighted by Crippen LogP contribution is 2.33. The Bertz CT molecular complexity index is 256. The fraction of sp³-hybridized carbons (Fsp3) is 0.923. The number of rotatable bonds is 4. The molecule has 2 saturated heterocycles. The summed E-state index contributed by atoms with van der Waals surface area (Å²) in [4.78, 5) is 13.8. The number of ether oxygens (including phenoxy) is 1. The number of carbonyl (C=O) groups excluding carboxylic acids is 1. The van der Waals surface area contributed by atoms with E-state index >= 15 is 0 Å². The zero-order valence-corrected chi connectivity index (χ0v) is 10.9. The molecule has 2 heterocycles. The minimum absolute atomic E-state index is 0.0937. The van der Waals surface area contributed by atoms with Crippen LogP contribution in [0.25, 0.3) is 0 Å². The molecule has 2 rings (SSSR count). The van der Waals surface area contributed by atoms with E-state index in [0.717, 1.165) is 6.54 Å². The molecule has 0 aromatic rings. The predicted octanol–water partition coefficient (Wildman–Crippen LogP) is 1.15. The van der Waals surface area contributed by atoms with Crippen LogP contribution in [-0.2, 0) is 9.53 Å². The van der Waals surface area contributed by atoms with Gasteiger partial charge in [-0.2, -0.15) is 0 Å². The molecule has 0 radical (unpaired) electrons. The molecule has 1 N–H and O–H groups in total. The van der Waals surface area contributed by atoms with Crippen LogP contribution >= 0.6 is 0 Å². The van der Waals surface area contributed by atoms with Crippen molar-refractivity contribution in [2.24, 2.45) is 0 Å². The molecular weight excluding hydrogens is 216 g/mol. The van der Waals surface area contributed by atoms with Gasteiger partial charge in [-0.1, -0.05) is 13.3 Å². The van der Waals surface area contributed by atoms with Crippen molar-refractivity contribution in [1.82, 2.24) is 10.2 Å². The SMILES string of the molecule is CCNC1CC2CCCC(C1)N2CC(=O)OC. The van der Waals surface area contributed by atoms with Crippen LogP contribution in [0.3, 0.4) is 0 Å². The van der Waals surface area contributed by atoms with E-state index in [9.17, 15) is 4.79 Å². The van der Waals surface area contributed by atoms with Crippen molar-refractivity contribution in [3.05, 3.63) is 0 Å². The molecule has 0 aromatic carbocycles. The summed E-state index contributed by atoms with van der Waals surface area (Å²) in [7, 11) is 1.48. The lowest BCUT2D eigenvalue weighted by molar-refractivity contribution is -0.145. The van der Waals surface area contributed by atoms with Gasteiger partial charge in [0.25, 0.3) is 0 Å². The number of nitrogens with one attached hydrogen (secondary N) is 1. The average Bonchev–Trinajstić information content (AvgIpc) is 2.30. The third kappa shape index (κ3) is 2.99. The molecule has 0 amide bonds. The molecule has 17 heavy (non-hydrogen) atoms. The zero-order chi connectivity index (χ0) is 12.3. The van der Waals surface area contributed by atoms with Crippen LogP contribution < -0.4 is 5.32 Å². The lowest BCUT2D eigenvalue weighted by atomic mass is 9.81. The van der Waals surface area contributed by atoms with Crippen molar-refractivity contribution in [3.63, 3.8) is 0 Å².